The average Bonchev–Trinajstić information content (AvgIpc) is 2.73. The first-order chi connectivity index (χ1) is 8.65. The van der Waals surface area contributed by atoms with E-state index in [2.05, 4.69) is 6.58 Å². The van der Waals surface area contributed by atoms with Crippen LogP contribution in [-0.4, -0.2) is 29.9 Å². The van der Waals surface area contributed by atoms with E-state index in [0.717, 1.165) is 0 Å². The van der Waals surface area contributed by atoms with Crippen LogP contribution in [-0.2, 0) is 14.3 Å². The summed E-state index contributed by atoms with van der Waals surface area (Å²) in [4.78, 5) is 25.3. The summed E-state index contributed by atoms with van der Waals surface area (Å²) in [6.07, 6.45) is 7.62. The third-order valence-electron chi connectivity index (χ3n) is 2.76. The van der Waals surface area contributed by atoms with Crippen LogP contribution in [0.1, 0.15) is 20.3 Å². The van der Waals surface area contributed by atoms with Gasteiger partial charge in [-0.05, 0) is 32.4 Å². The van der Waals surface area contributed by atoms with Crippen molar-refractivity contribution in [3.8, 4) is 0 Å². The lowest BCUT2D eigenvalue weighted by Gasteiger charge is -2.17. The van der Waals surface area contributed by atoms with Crippen LogP contribution < -0.4 is 0 Å². The Kier molecular flexibility index (Phi) is 5.36. The largest absolute Gasteiger partial charge is 0.465 e. The first-order valence-electron chi connectivity index (χ1n) is 6.09. The summed E-state index contributed by atoms with van der Waals surface area (Å²) in [5.74, 6) is -1.30. The van der Waals surface area contributed by atoms with Crippen molar-refractivity contribution >= 4 is 11.9 Å². The summed E-state index contributed by atoms with van der Waals surface area (Å²) < 4.78 is 4.89. The molecule has 0 radical (unpaired) electrons. The van der Waals surface area contributed by atoms with Gasteiger partial charge in [0, 0.05) is 12.2 Å². The van der Waals surface area contributed by atoms with E-state index in [1.54, 1.807) is 24.0 Å². The average molecular weight is 249 g/mol. The zero-order valence-electron chi connectivity index (χ0n) is 10.9. The fourth-order valence-corrected chi connectivity index (χ4v) is 1.86. The monoisotopic (exact) mass is 249 g/mol. The molecule has 0 N–H and O–H groups in total. The van der Waals surface area contributed by atoms with Crippen LogP contribution in [0.4, 0.5) is 0 Å². The molecule has 0 spiro atoms. The molecule has 1 unspecified atom stereocenters. The molecule has 1 aliphatic heterocycles. The molecule has 0 bridgehead atoms. The molecule has 1 rings (SSSR count). The van der Waals surface area contributed by atoms with Gasteiger partial charge in [0.1, 0.15) is 5.92 Å². The second-order valence-corrected chi connectivity index (χ2v) is 3.90. The summed E-state index contributed by atoms with van der Waals surface area (Å²) in [7, 11) is 0. The minimum atomic E-state index is -0.668. The van der Waals surface area contributed by atoms with E-state index in [9.17, 15) is 9.59 Å². The number of likely N-dealkylation sites (tertiary alicyclic amines) is 1. The van der Waals surface area contributed by atoms with Crippen LogP contribution in [0.25, 0.3) is 0 Å². The number of hydrogen-bond donors (Lipinski definition) is 0. The molecule has 1 atom stereocenters. The van der Waals surface area contributed by atoms with Gasteiger partial charge in [0.05, 0.1) is 6.61 Å². The number of ether oxygens (including phenoxy) is 1. The molecule has 0 saturated carbocycles. The van der Waals surface area contributed by atoms with Crippen LogP contribution in [0.3, 0.4) is 0 Å². The fourth-order valence-electron chi connectivity index (χ4n) is 1.86. The molecule has 1 aliphatic rings. The van der Waals surface area contributed by atoms with Crippen molar-refractivity contribution < 1.29 is 14.3 Å². The van der Waals surface area contributed by atoms with Gasteiger partial charge in [-0.1, -0.05) is 18.7 Å². The summed E-state index contributed by atoms with van der Waals surface area (Å²) in [5.41, 5.74) is 0.713. The van der Waals surface area contributed by atoms with Gasteiger partial charge < -0.3 is 9.64 Å². The van der Waals surface area contributed by atoms with Crippen LogP contribution in [0.15, 0.2) is 36.6 Å². The topological polar surface area (TPSA) is 46.6 Å². The van der Waals surface area contributed by atoms with Gasteiger partial charge >= 0.3 is 5.97 Å². The van der Waals surface area contributed by atoms with Crippen molar-refractivity contribution in [2.75, 3.05) is 13.2 Å². The Labute approximate surface area is 108 Å². The molecule has 1 saturated heterocycles. The van der Waals surface area contributed by atoms with Gasteiger partial charge in [0.2, 0.25) is 5.91 Å². The Balaban J connectivity index is 2.80. The van der Waals surface area contributed by atoms with E-state index >= 15 is 0 Å². The standard InChI is InChI=1S/C14H19NO3/c1-4-7-8-11(5-2)15-10-9-12(13(15)16)14(17)18-6-3/h4-5,7-8,12H,2,6,9-10H2,1,3H3/b7-4-,11-8+. The third kappa shape index (κ3) is 3.09. The molecule has 1 fully saturated rings. The molecule has 0 aromatic heterocycles. The maximum atomic E-state index is 12.1. The number of carbonyl (C=O) groups is 2. The number of carbonyl (C=O) groups excluding carboxylic acids is 2. The lowest BCUT2D eigenvalue weighted by atomic mass is 10.1. The van der Waals surface area contributed by atoms with E-state index in [1.807, 2.05) is 19.1 Å². The van der Waals surface area contributed by atoms with Crippen LogP contribution in [0.2, 0.25) is 0 Å². The van der Waals surface area contributed by atoms with Crippen LogP contribution >= 0.6 is 0 Å². The molecule has 0 aliphatic carbocycles. The Morgan fingerprint density at radius 2 is 2.33 bits per heavy atom. The van der Waals surface area contributed by atoms with E-state index < -0.39 is 11.9 Å². The highest BCUT2D eigenvalue weighted by atomic mass is 16.5. The van der Waals surface area contributed by atoms with E-state index in [1.165, 1.54) is 0 Å². The van der Waals surface area contributed by atoms with Gasteiger partial charge in [0.25, 0.3) is 0 Å². The van der Waals surface area contributed by atoms with Gasteiger partial charge in [-0.3, -0.25) is 9.59 Å². The number of hydrogen-bond acceptors (Lipinski definition) is 3. The Bertz CT molecular complexity index is 396. The molecule has 0 aromatic rings. The molecular weight excluding hydrogens is 230 g/mol. The summed E-state index contributed by atoms with van der Waals surface area (Å²) >= 11 is 0. The smallest absolute Gasteiger partial charge is 0.318 e. The van der Waals surface area contributed by atoms with Gasteiger partial charge in [-0.15, -0.1) is 0 Å². The zero-order valence-corrected chi connectivity index (χ0v) is 10.9. The van der Waals surface area contributed by atoms with Crippen molar-refractivity contribution in [3.63, 3.8) is 0 Å². The molecule has 4 nitrogen and oxygen atoms in total. The molecule has 1 amide bonds. The normalized spacial score (nSPS) is 20.6. The second kappa shape index (κ2) is 6.79. The maximum Gasteiger partial charge on any atom is 0.318 e. The van der Waals surface area contributed by atoms with Gasteiger partial charge in [-0.25, -0.2) is 0 Å². The first-order valence-corrected chi connectivity index (χ1v) is 6.09. The first kappa shape index (κ1) is 14.2. The van der Waals surface area contributed by atoms with Crippen LogP contribution in [0.5, 0.6) is 0 Å². The van der Waals surface area contributed by atoms with E-state index in [-0.39, 0.29) is 5.91 Å². The predicted octanol–water partition coefficient (Wildman–Crippen LogP) is 2.04. The zero-order chi connectivity index (χ0) is 13.5. The molecule has 0 aromatic carbocycles. The summed E-state index contributed by atoms with van der Waals surface area (Å²) in [6, 6.07) is 0. The number of rotatable bonds is 5. The highest BCUT2D eigenvalue weighted by Gasteiger charge is 2.38. The summed E-state index contributed by atoms with van der Waals surface area (Å²) in [5, 5.41) is 0. The Hall–Kier alpha value is -1.84. The van der Waals surface area contributed by atoms with Crippen molar-refractivity contribution in [1.82, 2.24) is 4.90 Å². The number of nitrogens with zero attached hydrogens (tertiary/aromatic N) is 1. The predicted molar refractivity (Wildman–Crippen MR) is 69.5 cm³/mol. The fraction of sp³-hybridized carbons (Fsp3) is 0.429. The SMILES string of the molecule is C=C/C(=C\C=C/C)N1CCC(C(=O)OCC)C1=O. The van der Waals surface area contributed by atoms with Crippen molar-refractivity contribution in [2.45, 2.75) is 20.3 Å². The number of esters is 1. The summed E-state index contributed by atoms with van der Waals surface area (Å²) in [6.45, 7) is 8.14. The maximum absolute atomic E-state index is 12.1. The number of amides is 1. The highest BCUT2D eigenvalue weighted by Crippen LogP contribution is 2.23. The minimum absolute atomic E-state index is 0.205. The Morgan fingerprint density at radius 3 is 2.89 bits per heavy atom. The number of allylic oxidation sites excluding steroid dienone is 4. The van der Waals surface area contributed by atoms with Crippen LogP contribution in [0, 0.1) is 5.92 Å². The quantitative estimate of drug-likeness (QED) is 0.425. The van der Waals surface area contributed by atoms with E-state index in [0.29, 0.717) is 25.3 Å². The Morgan fingerprint density at radius 1 is 1.61 bits per heavy atom. The lowest BCUT2D eigenvalue weighted by Crippen LogP contribution is -2.30. The van der Waals surface area contributed by atoms with Crippen molar-refractivity contribution in [2.24, 2.45) is 5.92 Å². The molecule has 1 heterocycles. The highest BCUT2D eigenvalue weighted by molar-refractivity contribution is 6.00. The molecular formula is C14H19NO3. The van der Waals surface area contributed by atoms with Gasteiger partial charge in [-0.2, -0.15) is 0 Å². The third-order valence-corrected chi connectivity index (χ3v) is 2.76. The lowest BCUT2D eigenvalue weighted by molar-refractivity contribution is -0.151. The van der Waals surface area contributed by atoms with Crippen molar-refractivity contribution in [3.05, 3.63) is 36.6 Å². The van der Waals surface area contributed by atoms with E-state index in [4.69, 9.17) is 4.74 Å². The molecule has 98 valence electrons. The van der Waals surface area contributed by atoms with Crippen molar-refractivity contribution in [1.29, 1.82) is 0 Å². The molecule has 18 heavy (non-hydrogen) atoms. The second-order valence-electron chi connectivity index (χ2n) is 3.90. The minimum Gasteiger partial charge on any atom is -0.465 e. The molecule has 4 heteroatoms. The van der Waals surface area contributed by atoms with Gasteiger partial charge in [0.15, 0.2) is 0 Å².